The van der Waals surface area contributed by atoms with Crippen LogP contribution in [0, 0.1) is 6.92 Å². The summed E-state index contributed by atoms with van der Waals surface area (Å²) >= 11 is 0. The van der Waals surface area contributed by atoms with Crippen molar-refractivity contribution in [2.75, 3.05) is 5.32 Å². The average molecular weight is 264 g/mol. The van der Waals surface area contributed by atoms with Crippen molar-refractivity contribution in [2.24, 2.45) is 0 Å². The third kappa shape index (κ3) is 2.33. The second-order valence-electron chi connectivity index (χ2n) is 4.37. The summed E-state index contributed by atoms with van der Waals surface area (Å²) in [6.07, 6.45) is 4.85. The molecule has 1 amide bonds. The summed E-state index contributed by atoms with van der Waals surface area (Å²) in [6, 6.07) is 8.93. The molecule has 2 heterocycles. The molecule has 0 saturated heterocycles. The van der Waals surface area contributed by atoms with E-state index in [0.717, 1.165) is 5.69 Å². The molecule has 0 saturated carbocycles. The number of para-hydroxylation sites is 1. The van der Waals surface area contributed by atoms with E-state index in [1.165, 1.54) is 0 Å². The zero-order valence-electron chi connectivity index (χ0n) is 10.9. The average Bonchev–Trinajstić information content (AvgIpc) is 2.46. The summed E-state index contributed by atoms with van der Waals surface area (Å²) in [5.41, 5.74) is 3.36. The van der Waals surface area contributed by atoms with Gasteiger partial charge in [-0.2, -0.15) is 0 Å². The molecule has 0 aliphatic heterocycles. The van der Waals surface area contributed by atoms with Gasteiger partial charge < -0.3 is 5.32 Å². The standard InChI is InChI=1S/C15H12N4O/c1-10-9-11(5-6-16-10)19-15(20)12-3-2-4-13-14(12)18-8-7-17-13/h2-9H,1H3,(H,16,19,20). The Bertz CT molecular complexity index is 780. The molecule has 0 atom stereocenters. The summed E-state index contributed by atoms with van der Waals surface area (Å²) in [5, 5.41) is 2.84. The minimum atomic E-state index is -0.207. The van der Waals surface area contributed by atoms with Gasteiger partial charge in [-0.15, -0.1) is 0 Å². The molecule has 98 valence electrons. The highest BCUT2D eigenvalue weighted by Gasteiger charge is 2.11. The Kier molecular flexibility index (Phi) is 3.09. The Balaban J connectivity index is 1.97. The highest BCUT2D eigenvalue weighted by Crippen LogP contribution is 2.16. The van der Waals surface area contributed by atoms with Gasteiger partial charge in [-0.1, -0.05) is 6.07 Å². The van der Waals surface area contributed by atoms with Gasteiger partial charge in [-0.05, 0) is 31.2 Å². The number of carbonyl (C=O) groups is 1. The van der Waals surface area contributed by atoms with Crippen LogP contribution in [0.5, 0.6) is 0 Å². The molecule has 1 aromatic carbocycles. The predicted octanol–water partition coefficient (Wildman–Crippen LogP) is 2.59. The quantitative estimate of drug-likeness (QED) is 0.772. The number of anilines is 1. The van der Waals surface area contributed by atoms with Crippen molar-refractivity contribution >= 4 is 22.6 Å². The molecule has 3 aromatic rings. The molecule has 0 bridgehead atoms. The van der Waals surface area contributed by atoms with Crippen molar-refractivity contribution in [3.05, 3.63) is 60.2 Å². The first-order valence-electron chi connectivity index (χ1n) is 6.18. The zero-order valence-corrected chi connectivity index (χ0v) is 10.9. The van der Waals surface area contributed by atoms with Crippen LogP contribution < -0.4 is 5.32 Å². The number of aryl methyl sites for hydroxylation is 1. The molecule has 3 rings (SSSR count). The van der Waals surface area contributed by atoms with Gasteiger partial charge in [0.1, 0.15) is 5.52 Å². The number of nitrogens with zero attached hydrogens (tertiary/aromatic N) is 3. The topological polar surface area (TPSA) is 67.8 Å². The lowest BCUT2D eigenvalue weighted by molar-refractivity contribution is 0.102. The summed E-state index contributed by atoms with van der Waals surface area (Å²) in [4.78, 5) is 24.9. The van der Waals surface area contributed by atoms with Crippen molar-refractivity contribution in [1.82, 2.24) is 15.0 Å². The minimum absolute atomic E-state index is 0.207. The minimum Gasteiger partial charge on any atom is -0.322 e. The van der Waals surface area contributed by atoms with E-state index in [4.69, 9.17) is 0 Å². The molecule has 0 radical (unpaired) electrons. The van der Waals surface area contributed by atoms with Crippen LogP contribution in [0.2, 0.25) is 0 Å². The summed E-state index contributed by atoms with van der Waals surface area (Å²) in [7, 11) is 0. The fraction of sp³-hybridized carbons (Fsp3) is 0.0667. The van der Waals surface area contributed by atoms with Crippen molar-refractivity contribution < 1.29 is 4.79 Å². The maximum atomic E-state index is 12.3. The lowest BCUT2D eigenvalue weighted by Gasteiger charge is -2.07. The van der Waals surface area contributed by atoms with Crippen LogP contribution in [0.3, 0.4) is 0 Å². The van der Waals surface area contributed by atoms with Crippen LogP contribution in [0.15, 0.2) is 48.9 Å². The van der Waals surface area contributed by atoms with E-state index in [2.05, 4.69) is 20.3 Å². The fourth-order valence-electron chi connectivity index (χ4n) is 2.00. The third-order valence-corrected chi connectivity index (χ3v) is 2.90. The Labute approximate surface area is 115 Å². The molecular formula is C15H12N4O. The fourth-order valence-corrected chi connectivity index (χ4v) is 2.00. The molecule has 0 unspecified atom stereocenters. The molecule has 0 spiro atoms. The Morgan fingerprint density at radius 1 is 1.05 bits per heavy atom. The molecule has 0 fully saturated rings. The predicted molar refractivity (Wildman–Crippen MR) is 76.5 cm³/mol. The first kappa shape index (κ1) is 12.2. The highest BCUT2D eigenvalue weighted by molar-refractivity contribution is 6.11. The van der Waals surface area contributed by atoms with Crippen molar-refractivity contribution in [3.63, 3.8) is 0 Å². The number of fused-ring (bicyclic) bond motifs is 1. The molecular weight excluding hydrogens is 252 g/mol. The maximum absolute atomic E-state index is 12.3. The van der Waals surface area contributed by atoms with Crippen LogP contribution in [-0.4, -0.2) is 20.9 Å². The maximum Gasteiger partial charge on any atom is 0.257 e. The van der Waals surface area contributed by atoms with E-state index in [-0.39, 0.29) is 5.91 Å². The zero-order chi connectivity index (χ0) is 13.9. The Morgan fingerprint density at radius 2 is 1.90 bits per heavy atom. The number of hydrogen-bond donors (Lipinski definition) is 1. The van der Waals surface area contributed by atoms with Gasteiger partial charge in [0.15, 0.2) is 0 Å². The van der Waals surface area contributed by atoms with Crippen molar-refractivity contribution in [1.29, 1.82) is 0 Å². The lowest BCUT2D eigenvalue weighted by Crippen LogP contribution is -2.13. The van der Waals surface area contributed by atoms with Crippen LogP contribution in [-0.2, 0) is 0 Å². The summed E-state index contributed by atoms with van der Waals surface area (Å²) in [6.45, 7) is 1.87. The Morgan fingerprint density at radius 3 is 2.75 bits per heavy atom. The third-order valence-electron chi connectivity index (χ3n) is 2.90. The van der Waals surface area contributed by atoms with E-state index in [1.807, 2.05) is 19.1 Å². The van der Waals surface area contributed by atoms with Crippen LogP contribution in [0.4, 0.5) is 5.69 Å². The van der Waals surface area contributed by atoms with Gasteiger partial charge in [0.25, 0.3) is 5.91 Å². The second-order valence-corrected chi connectivity index (χ2v) is 4.37. The number of pyridine rings is 1. The number of aromatic nitrogens is 3. The van der Waals surface area contributed by atoms with Gasteiger partial charge in [0.05, 0.1) is 11.1 Å². The first-order valence-corrected chi connectivity index (χ1v) is 6.18. The monoisotopic (exact) mass is 264 g/mol. The summed E-state index contributed by atoms with van der Waals surface area (Å²) < 4.78 is 0. The number of nitrogens with one attached hydrogen (secondary N) is 1. The van der Waals surface area contributed by atoms with Crippen molar-refractivity contribution in [3.8, 4) is 0 Å². The number of hydrogen-bond acceptors (Lipinski definition) is 4. The second kappa shape index (κ2) is 5.05. The molecule has 1 N–H and O–H groups in total. The van der Waals surface area contributed by atoms with E-state index in [9.17, 15) is 4.79 Å². The van der Waals surface area contributed by atoms with Crippen LogP contribution >= 0.6 is 0 Å². The highest BCUT2D eigenvalue weighted by atomic mass is 16.1. The number of carbonyl (C=O) groups excluding carboxylic acids is 1. The van der Waals surface area contributed by atoms with Gasteiger partial charge in [0.2, 0.25) is 0 Å². The lowest BCUT2D eigenvalue weighted by atomic mass is 10.1. The van der Waals surface area contributed by atoms with Gasteiger partial charge in [-0.25, -0.2) is 0 Å². The molecule has 0 aliphatic rings. The first-order chi connectivity index (χ1) is 9.74. The van der Waals surface area contributed by atoms with Crippen LogP contribution in [0.1, 0.15) is 16.1 Å². The Hall–Kier alpha value is -2.82. The number of benzene rings is 1. The van der Waals surface area contributed by atoms with E-state index in [1.54, 1.807) is 36.8 Å². The van der Waals surface area contributed by atoms with Gasteiger partial charge in [-0.3, -0.25) is 19.7 Å². The van der Waals surface area contributed by atoms with E-state index < -0.39 is 0 Å². The molecule has 5 nitrogen and oxygen atoms in total. The van der Waals surface area contributed by atoms with Gasteiger partial charge in [0, 0.05) is 30.0 Å². The summed E-state index contributed by atoms with van der Waals surface area (Å²) in [5.74, 6) is -0.207. The largest absolute Gasteiger partial charge is 0.322 e. The molecule has 5 heteroatoms. The smallest absolute Gasteiger partial charge is 0.257 e. The van der Waals surface area contributed by atoms with E-state index in [0.29, 0.717) is 22.3 Å². The van der Waals surface area contributed by atoms with E-state index >= 15 is 0 Å². The normalized spacial score (nSPS) is 10.4. The van der Waals surface area contributed by atoms with Crippen molar-refractivity contribution in [2.45, 2.75) is 6.92 Å². The molecule has 2 aromatic heterocycles. The SMILES string of the molecule is Cc1cc(NC(=O)c2cccc3nccnc23)ccn1. The van der Waals surface area contributed by atoms with Crippen LogP contribution in [0.25, 0.3) is 11.0 Å². The number of rotatable bonds is 2. The number of amides is 1. The molecule has 0 aliphatic carbocycles. The molecule has 20 heavy (non-hydrogen) atoms. The van der Waals surface area contributed by atoms with Gasteiger partial charge >= 0.3 is 0 Å².